The first kappa shape index (κ1) is 30.4. The van der Waals surface area contributed by atoms with Gasteiger partial charge in [0.05, 0.1) is 5.69 Å². The Bertz CT molecular complexity index is 2880. The monoisotopic (exact) mass is 679 g/mol. The molecule has 10 aromatic rings. The van der Waals surface area contributed by atoms with Crippen LogP contribution in [0.5, 0.6) is 0 Å². The van der Waals surface area contributed by atoms with E-state index in [1.807, 2.05) is 11.3 Å². The van der Waals surface area contributed by atoms with Crippen molar-refractivity contribution < 1.29 is 0 Å². The Kier molecular flexibility index (Phi) is 7.41. The normalized spacial score (nSPS) is 11.5. The molecule has 0 N–H and O–H groups in total. The van der Waals surface area contributed by atoms with E-state index < -0.39 is 0 Å². The van der Waals surface area contributed by atoms with Crippen molar-refractivity contribution in [2.45, 2.75) is 0 Å². The molecule has 0 aliphatic carbocycles. The summed E-state index contributed by atoms with van der Waals surface area (Å²) in [5, 5.41) is 7.73. The third-order valence-corrected chi connectivity index (χ3v) is 11.4. The fourth-order valence-electron chi connectivity index (χ4n) is 7.68. The second-order valence-corrected chi connectivity index (χ2v) is 14.4. The van der Waals surface area contributed by atoms with Crippen molar-refractivity contribution in [1.29, 1.82) is 0 Å². The molecule has 0 aliphatic heterocycles. The molecule has 0 bridgehead atoms. The Morgan fingerprint density at radius 2 is 0.923 bits per heavy atom. The van der Waals surface area contributed by atoms with Crippen LogP contribution in [0.4, 0.5) is 17.1 Å². The van der Waals surface area contributed by atoms with Crippen LogP contribution in [0.15, 0.2) is 200 Å². The van der Waals surface area contributed by atoms with Gasteiger partial charge in [0.25, 0.3) is 0 Å². The third-order valence-electron chi connectivity index (χ3n) is 10.3. The van der Waals surface area contributed by atoms with E-state index >= 15 is 0 Å². The largest absolute Gasteiger partial charge is 0.310 e. The van der Waals surface area contributed by atoms with Crippen LogP contribution in [0.25, 0.3) is 75.1 Å². The minimum absolute atomic E-state index is 1.11. The van der Waals surface area contributed by atoms with E-state index in [9.17, 15) is 0 Å². The van der Waals surface area contributed by atoms with Crippen molar-refractivity contribution in [1.82, 2.24) is 0 Å². The first-order valence-electron chi connectivity index (χ1n) is 17.8. The highest BCUT2D eigenvalue weighted by Gasteiger charge is 2.18. The summed E-state index contributed by atoms with van der Waals surface area (Å²) in [4.78, 5) is 2.39. The summed E-state index contributed by atoms with van der Waals surface area (Å²) in [6.45, 7) is 0. The van der Waals surface area contributed by atoms with E-state index in [0.717, 1.165) is 17.1 Å². The van der Waals surface area contributed by atoms with Crippen LogP contribution < -0.4 is 4.90 Å². The Hall–Kier alpha value is -6.48. The molecule has 0 spiro atoms. The summed E-state index contributed by atoms with van der Waals surface area (Å²) < 4.78 is 2.67. The Labute approximate surface area is 307 Å². The molecule has 9 aromatic carbocycles. The van der Waals surface area contributed by atoms with Crippen LogP contribution in [-0.4, -0.2) is 0 Å². The lowest BCUT2D eigenvalue weighted by molar-refractivity contribution is 1.28. The first-order valence-corrected chi connectivity index (χ1v) is 18.6. The van der Waals surface area contributed by atoms with Gasteiger partial charge in [-0.2, -0.15) is 0 Å². The fourth-order valence-corrected chi connectivity index (χ4v) is 8.81. The van der Waals surface area contributed by atoms with E-state index in [1.165, 1.54) is 75.1 Å². The lowest BCUT2D eigenvalue weighted by Crippen LogP contribution is -2.11. The Balaban J connectivity index is 1.06. The van der Waals surface area contributed by atoms with E-state index in [4.69, 9.17) is 0 Å². The molecule has 0 saturated carbocycles. The van der Waals surface area contributed by atoms with Gasteiger partial charge in [-0.25, -0.2) is 0 Å². The van der Waals surface area contributed by atoms with Crippen LogP contribution in [0.3, 0.4) is 0 Å². The summed E-state index contributed by atoms with van der Waals surface area (Å²) in [5.41, 5.74) is 10.6. The lowest BCUT2D eigenvalue weighted by Gasteiger charge is -2.28. The van der Waals surface area contributed by atoms with Crippen molar-refractivity contribution in [2.75, 3.05) is 4.90 Å². The second kappa shape index (κ2) is 12.7. The highest BCUT2D eigenvalue weighted by atomic mass is 32.1. The standard InChI is InChI=1S/C50H33NS/c1-2-11-36(12-3-1)45-16-6-8-19-48(45)51(42-29-25-37(26-30-42)44-18-10-14-35-13-4-5-15-43(35)44)41-27-23-34(24-28-41)38-21-22-39-32-47-46-17-7-9-20-49(46)52-50(47)33-40(39)31-38/h1-33H. The smallest absolute Gasteiger partial charge is 0.0540 e. The van der Waals surface area contributed by atoms with E-state index in [0.29, 0.717) is 0 Å². The van der Waals surface area contributed by atoms with Crippen LogP contribution in [0, 0.1) is 0 Å². The van der Waals surface area contributed by atoms with Crippen LogP contribution in [0.1, 0.15) is 0 Å². The second-order valence-electron chi connectivity index (χ2n) is 13.3. The molecule has 1 heterocycles. The minimum atomic E-state index is 1.11. The highest BCUT2D eigenvalue weighted by Crippen LogP contribution is 2.43. The van der Waals surface area contributed by atoms with Crippen molar-refractivity contribution in [2.24, 2.45) is 0 Å². The molecule has 244 valence electrons. The van der Waals surface area contributed by atoms with Gasteiger partial charge < -0.3 is 4.90 Å². The zero-order chi connectivity index (χ0) is 34.4. The zero-order valence-electron chi connectivity index (χ0n) is 28.4. The van der Waals surface area contributed by atoms with Gasteiger partial charge in [0, 0.05) is 37.1 Å². The molecule has 1 nitrogen and oxygen atoms in total. The van der Waals surface area contributed by atoms with Crippen molar-refractivity contribution >= 4 is 70.1 Å². The topological polar surface area (TPSA) is 3.24 Å². The number of hydrogen-bond donors (Lipinski definition) is 0. The number of fused-ring (bicyclic) bond motifs is 5. The maximum absolute atomic E-state index is 2.39. The highest BCUT2D eigenvalue weighted by molar-refractivity contribution is 7.25. The molecular formula is C50H33NS. The molecule has 0 atom stereocenters. The summed E-state index contributed by atoms with van der Waals surface area (Å²) in [7, 11) is 0. The quantitative estimate of drug-likeness (QED) is 0.169. The first-order chi connectivity index (χ1) is 25.8. The average Bonchev–Trinajstić information content (AvgIpc) is 3.58. The van der Waals surface area contributed by atoms with Gasteiger partial charge in [-0.1, -0.05) is 146 Å². The molecule has 0 saturated heterocycles. The molecule has 0 amide bonds. The molecule has 10 rings (SSSR count). The van der Waals surface area contributed by atoms with Gasteiger partial charge in [-0.3, -0.25) is 0 Å². The predicted molar refractivity (Wildman–Crippen MR) is 225 cm³/mol. The number of rotatable bonds is 6. The molecule has 0 radical (unpaired) electrons. The van der Waals surface area contributed by atoms with Crippen LogP contribution in [-0.2, 0) is 0 Å². The van der Waals surface area contributed by atoms with Crippen LogP contribution >= 0.6 is 11.3 Å². The van der Waals surface area contributed by atoms with Crippen molar-refractivity contribution in [3.63, 3.8) is 0 Å². The van der Waals surface area contributed by atoms with Gasteiger partial charge in [-0.15, -0.1) is 11.3 Å². The molecule has 52 heavy (non-hydrogen) atoms. The van der Waals surface area contributed by atoms with Gasteiger partial charge >= 0.3 is 0 Å². The van der Waals surface area contributed by atoms with Crippen molar-refractivity contribution in [3.8, 4) is 33.4 Å². The SMILES string of the molecule is c1ccc(-c2ccccc2N(c2ccc(-c3ccc4cc5c(cc4c3)sc3ccccc35)cc2)c2ccc(-c3cccc4ccccc34)cc2)cc1. The Morgan fingerprint density at radius 3 is 1.75 bits per heavy atom. The third kappa shape index (κ3) is 5.33. The number of anilines is 3. The van der Waals surface area contributed by atoms with Gasteiger partial charge in [0.15, 0.2) is 0 Å². The number of nitrogens with zero attached hydrogens (tertiary/aromatic N) is 1. The molecule has 0 aliphatic rings. The predicted octanol–water partition coefficient (Wildman–Crippen LogP) is 14.8. The van der Waals surface area contributed by atoms with E-state index in [1.54, 1.807) is 0 Å². The molecule has 2 heteroatoms. The molecule has 0 unspecified atom stereocenters. The van der Waals surface area contributed by atoms with Gasteiger partial charge in [-0.05, 0) is 104 Å². The average molecular weight is 680 g/mol. The van der Waals surface area contributed by atoms with Gasteiger partial charge in [0.1, 0.15) is 0 Å². The minimum Gasteiger partial charge on any atom is -0.310 e. The van der Waals surface area contributed by atoms with E-state index in [2.05, 4.69) is 205 Å². The molecular weight excluding hydrogens is 647 g/mol. The number of hydrogen-bond acceptors (Lipinski definition) is 2. The number of para-hydroxylation sites is 1. The summed E-state index contributed by atoms with van der Waals surface area (Å²) in [6.07, 6.45) is 0. The number of thiophene rings is 1. The number of benzene rings is 9. The fraction of sp³-hybridized carbons (Fsp3) is 0. The maximum Gasteiger partial charge on any atom is 0.0540 e. The lowest BCUT2D eigenvalue weighted by atomic mass is 9.97. The molecule has 1 aromatic heterocycles. The van der Waals surface area contributed by atoms with Gasteiger partial charge in [0.2, 0.25) is 0 Å². The van der Waals surface area contributed by atoms with Crippen molar-refractivity contribution in [3.05, 3.63) is 200 Å². The van der Waals surface area contributed by atoms with Crippen LogP contribution in [0.2, 0.25) is 0 Å². The zero-order valence-corrected chi connectivity index (χ0v) is 29.2. The Morgan fingerprint density at radius 1 is 0.308 bits per heavy atom. The van der Waals surface area contributed by atoms with E-state index in [-0.39, 0.29) is 0 Å². The molecule has 0 fully saturated rings. The summed E-state index contributed by atoms with van der Waals surface area (Å²) in [5.74, 6) is 0. The maximum atomic E-state index is 2.39. The summed E-state index contributed by atoms with van der Waals surface area (Å²) in [6, 6.07) is 72.9. The summed E-state index contributed by atoms with van der Waals surface area (Å²) >= 11 is 1.87.